The molecule has 5 heteroatoms. The van der Waals surface area contributed by atoms with E-state index in [1.807, 2.05) is 24.3 Å². The fourth-order valence-electron chi connectivity index (χ4n) is 3.98. The van der Waals surface area contributed by atoms with E-state index >= 15 is 0 Å². The van der Waals surface area contributed by atoms with Crippen molar-refractivity contribution in [2.75, 3.05) is 0 Å². The van der Waals surface area contributed by atoms with Gasteiger partial charge in [0.05, 0.1) is 0 Å². The molecule has 2 aromatic carbocycles. The van der Waals surface area contributed by atoms with Crippen LogP contribution in [0, 0.1) is 5.92 Å². The Labute approximate surface area is 176 Å². The molecule has 0 unspecified atom stereocenters. The van der Waals surface area contributed by atoms with E-state index in [9.17, 15) is 4.79 Å². The summed E-state index contributed by atoms with van der Waals surface area (Å²) in [6.07, 6.45) is 0. The van der Waals surface area contributed by atoms with Crippen molar-refractivity contribution >= 4 is 22.1 Å². The minimum atomic E-state index is -0.227. The molecule has 1 atom stereocenters. The van der Waals surface area contributed by atoms with Gasteiger partial charge in [0.1, 0.15) is 23.7 Å². The van der Waals surface area contributed by atoms with Crippen molar-refractivity contribution in [2.45, 2.75) is 52.6 Å². The number of nitrogens with two attached hydrogens (primary N) is 1. The van der Waals surface area contributed by atoms with Gasteiger partial charge in [0.2, 0.25) is 5.58 Å². The number of furan rings is 1. The number of H-pyrrole nitrogens is 1. The predicted molar refractivity (Wildman–Crippen MR) is 120 cm³/mol. The van der Waals surface area contributed by atoms with Crippen molar-refractivity contribution in [3.8, 4) is 0 Å². The van der Waals surface area contributed by atoms with Crippen molar-refractivity contribution in [3.05, 3.63) is 75.8 Å². The van der Waals surface area contributed by atoms with E-state index in [-0.39, 0.29) is 22.6 Å². The van der Waals surface area contributed by atoms with Crippen LogP contribution in [0.25, 0.3) is 22.1 Å². The predicted octanol–water partition coefficient (Wildman–Crippen LogP) is 4.43. The lowest BCUT2D eigenvalue weighted by Gasteiger charge is -2.22. The second-order valence-corrected chi connectivity index (χ2v) is 9.37. The SMILES string of the molecule is CC(C)[C@@H]([NH2+]Cc1nc2c(oc3ccccc32)c(=O)[nH]1)c1ccc(C(C)(C)C)cc1. The summed E-state index contributed by atoms with van der Waals surface area (Å²) < 4.78 is 5.69. The molecule has 5 nitrogen and oxygen atoms in total. The molecular formula is C25H30N3O2+. The van der Waals surface area contributed by atoms with Crippen LogP contribution in [-0.4, -0.2) is 9.97 Å². The molecule has 0 aliphatic rings. The molecule has 2 aromatic heterocycles. The zero-order valence-electron chi connectivity index (χ0n) is 18.3. The number of quaternary nitrogens is 1. The number of rotatable bonds is 5. The quantitative estimate of drug-likeness (QED) is 0.517. The van der Waals surface area contributed by atoms with Crippen molar-refractivity contribution in [1.82, 2.24) is 9.97 Å². The lowest BCUT2D eigenvalue weighted by atomic mass is 9.85. The van der Waals surface area contributed by atoms with Crippen LogP contribution in [0.2, 0.25) is 0 Å². The number of para-hydroxylation sites is 1. The zero-order chi connectivity index (χ0) is 21.5. The van der Waals surface area contributed by atoms with Crippen LogP contribution in [0.1, 0.15) is 57.6 Å². The van der Waals surface area contributed by atoms with E-state index in [0.29, 0.717) is 29.4 Å². The van der Waals surface area contributed by atoms with E-state index in [2.05, 4.69) is 69.2 Å². The van der Waals surface area contributed by atoms with Gasteiger partial charge < -0.3 is 14.7 Å². The van der Waals surface area contributed by atoms with E-state index in [1.165, 1.54) is 11.1 Å². The van der Waals surface area contributed by atoms with Gasteiger partial charge in [-0.05, 0) is 23.1 Å². The lowest BCUT2D eigenvalue weighted by Crippen LogP contribution is -2.85. The number of nitrogens with zero attached hydrogens (tertiary/aromatic N) is 1. The van der Waals surface area contributed by atoms with Crippen LogP contribution in [0.15, 0.2) is 57.7 Å². The topological polar surface area (TPSA) is 75.5 Å². The number of benzene rings is 2. The number of aromatic nitrogens is 2. The van der Waals surface area contributed by atoms with Crippen molar-refractivity contribution < 1.29 is 9.73 Å². The minimum absolute atomic E-state index is 0.141. The minimum Gasteiger partial charge on any atom is -0.449 e. The summed E-state index contributed by atoms with van der Waals surface area (Å²) in [5.41, 5.74) is 4.14. The van der Waals surface area contributed by atoms with E-state index in [4.69, 9.17) is 9.40 Å². The maximum Gasteiger partial charge on any atom is 0.294 e. The molecule has 0 radical (unpaired) electrons. The standard InChI is InChI=1S/C25H29N3O2/c1-15(2)21(16-10-12-17(13-11-16)25(3,4)5)26-14-20-27-22-18-8-6-7-9-19(18)30-23(22)24(29)28-20/h6-13,15,21,26H,14H2,1-5H3,(H,27,28,29)/p+1/t21-/m1/s1. The van der Waals surface area contributed by atoms with E-state index in [0.717, 1.165) is 5.39 Å². The third-order valence-electron chi connectivity index (χ3n) is 5.73. The molecule has 0 fully saturated rings. The van der Waals surface area contributed by atoms with Gasteiger partial charge in [-0.25, -0.2) is 4.98 Å². The first-order valence-corrected chi connectivity index (χ1v) is 10.6. The van der Waals surface area contributed by atoms with Crippen molar-refractivity contribution in [1.29, 1.82) is 0 Å². The summed E-state index contributed by atoms with van der Waals surface area (Å²) in [4.78, 5) is 20.2. The Balaban J connectivity index is 1.61. The summed E-state index contributed by atoms with van der Waals surface area (Å²) in [6, 6.07) is 16.8. The van der Waals surface area contributed by atoms with Gasteiger partial charge in [0, 0.05) is 16.9 Å². The molecule has 0 aliphatic heterocycles. The first kappa shape index (κ1) is 20.4. The Bertz CT molecular complexity index is 1230. The third-order valence-corrected chi connectivity index (χ3v) is 5.73. The first-order chi connectivity index (χ1) is 14.2. The number of nitrogens with one attached hydrogen (secondary N) is 1. The summed E-state index contributed by atoms with van der Waals surface area (Å²) in [5, 5.41) is 3.13. The molecule has 3 N–H and O–H groups in total. The average Bonchev–Trinajstić information content (AvgIpc) is 3.07. The summed E-state index contributed by atoms with van der Waals surface area (Å²) >= 11 is 0. The van der Waals surface area contributed by atoms with Gasteiger partial charge in [-0.3, -0.25) is 4.79 Å². The zero-order valence-corrected chi connectivity index (χ0v) is 18.3. The van der Waals surface area contributed by atoms with Gasteiger partial charge >= 0.3 is 0 Å². The second kappa shape index (κ2) is 7.73. The molecule has 0 amide bonds. The van der Waals surface area contributed by atoms with Crippen LogP contribution >= 0.6 is 0 Å². The van der Waals surface area contributed by atoms with Gasteiger partial charge in [-0.1, -0.05) is 71.0 Å². The van der Waals surface area contributed by atoms with Crippen LogP contribution < -0.4 is 10.9 Å². The second-order valence-electron chi connectivity index (χ2n) is 9.37. The number of hydrogen-bond acceptors (Lipinski definition) is 3. The van der Waals surface area contributed by atoms with Crippen molar-refractivity contribution in [2.24, 2.45) is 5.92 Å². The molecule has 0 saturated carbocycles. The first-order valence-electron chi connectivity index (χ1n) is 10.6. The highest BCUT2D eigenvalue weighted by Crippen LogP contribution is 2.26. The number of fused-ring (bicyclic) bond motifs is 3. The average molecular weight is 405 g/mol. The highest BCUT2D eigenvalue weighted by atomic mass is 16.3. The smallest absolute Gasteiger partial charge is 0.294 e. The van der Waals surface area contributed by atoms with Gasteiger partial charge in [0.25, 0.3) is 5.56 Å². The largest absolute Gasteiger partial charge is 0.449 e. The van der Waals surface area contributed by atoms with E-state index in [1.54, 1.807) is 0 Å². The maximum absolute atomic E-state index is 12.5. The molecule has 0 bridgehead atoms. The summed E-state index contributed by atoms with van der Waals surface area (Å²) in [7, 11) is 0. The molecule has 4 rings (SSSR count). The summed E-state index contributed by atoms with van der Waals surface area (Å²) in [6.45, 7) is 11.7. The Morgan fingerprint density at radius 3 is 2.43 bits per heavy atom. The van der Waals surface area contributed by atoms with E-state index < -0.39 is 0 Å². The molecule has 0 saturated heterocycles. The Morgan fingerprint density at radius 2 is 1.77 bits per heavy atom. The van der Waals surface area contributed by atoms with Crippen LogP contribution in [-0.2, 0) is 12.0 Å². The highest BCUT2D eigenvalue weighted by molar-refractivity contribution is 6.01. The molecule has 0 aliphatic carbocycles. The van der Waals surface area contributed by atoms with Crippen LogP contribution in [0.4, 0.5) is 0 Å². The fourth-order valence-corrected chi connectivity index (χ4v) is 3.98. The molecule has 4 aromatic rings. The Hall–Kier alpha value is -2.92. The normalized spacial score (nSPS) is 13.4. The highest BCUT2D eigenvalue weighted by Gasteiger charge is 2.22. The van der Waals surface area contributed by atoms with Gasteiger partial charge in [-0.15, -0.1) is 0 Å². The molecular weight excluding hydrogens is 374 g/mol. The third kappa shape index (κ3) is 3.90. The molecule has 156 valence electrons. The number of hydrogen-bond donors (Lipinski definition) is 2. The van der Waals surface area contributed by atoms with Gasteiger partial charge in [-0.2, -0.15) is 0 Å². The number of aromatic amines is 1. The molecule has 0 spiro atoms. The van der Waals surface area contributed by atoms with Crippen LogP contribution in [0.5, 0.6) is 0 Å². The van der Waals surface area contributed by atoms with Crippen LogP contribution in [0.3, 0.4) is 0 Å². The fraction of sp³-hybridized carbons (Fsp3) is 0.360. The van der Waals surface area contributed by atoms with Crippen molar-refractivity contribution in [3.63, 3.8) is 0 Å². The summed E-state index contributed by atoms with van der Waals surface area (Å²) in [5.74, 6) is 1.10. The maximum atomic E-state index is 12.5. The molecule has 30 heavy (non-hydrogen) atoms. The van der Waals surface area contributed by atoms with Gasteiger partial charge in [0.15, 0.2) is 5.82 Å². The lowest BCUT2D eigenvalue weighted by molar-refractivity contribution is -0.718. The Morgan fingerprint density at radius 1 is 1.07 bits per heavy atom. The monoisotopic (exact) mass is 404 g/mol. The molecule has 2 heterocycles. The Kier molecular flexibility index (Phi) is 5.24.